The van der Waals surface area contributed by atoms with E-state index in [1.165, 1.54) is 32.1 Å². The summed E-state index contributed by atoms with van der Waals surface area (Å²) in [4.78, 5) is 14.3. The van der Waals surface area contributed by atoms with Crippen molar-refractivity contribution in [3.8, 4) is 0 Å². The molecule has 0 spiro atoms. The zero-order chi connectivity index (χ0) is 12.7. The Morgan fingerprint density at radius 3 is 2.88 bits per heavy atom. The van der Waals surface area contributed by atoms with Crippen molar-refractivity contribution in [3.05, 3.63) is 0 Å². The van der Waals surface area contributed by atoms with Crippen LogP contribution in [0.15, 0.2) is 0 Å². The zero-order valence-electron chi connectivity index (χ0n) is 11.5. The number of hydrogen-bond donors (Lipinski definition) is 1. The van der Waals surface area contributed by atoms with Crippen LogP contribution in [0, 0.1) is 0 Å². The number of carbonyl (C=O) groups is 1. The lowest BCUT2D eigenvalue weighted by molar-refractivity contribution is -0.135. The second-order valence-corrected chi connectivity index (χ2v) is 5.39. The fourth-order valence-electron chi connectivity index (χ4n) is 2.68. The molecule has 1 aliphatic rings. The Morgan fingerprint density at radius 1 is 1.47 bits per heavy atom. The van der Waals surface area contributed by atoms with Gasteiger partial charge in [-0.25, -0.2) is 0 Å². The quantitative estimate of drug-likeness (QED) is 0.776. The SMILES string of the molecule is CCCC1CCCCN1C(=O)CCCC(C)N. The predicted octanol–water partition coefficient (Wildman–Crippen LogP) is 2.69. The van der Waals surface area contributed by atoms with Gasteiger partial charge in [0, 0.05) is 25.0 Å². The summed E-state index contributed by atoms with van der Waals surface area (Å²) in [7, 11) is 0. The van der Waals surface area contributed by atoms with Gasteiger partial charge in [-0.15, -0.1) is 0 Å². The molecule has 0 aliphatic carbocycles. The molecule has 1 aliphatic heterocycles. The molecule has 0 aromatic carbocycles. The van der Waals surface area contributed by atoms with Crippen molar-refractivity contribution in [1.82, 2.24) is 4.90 Å². The maximum absolute atomic E-state index is 12.1. The van der Waals surface area contributed by atoms with Crippen LogP contribution in [0.5, 0.6) is 0 Å². The average molecular weight is 240 g/mol. The van der Waals surface area contributed by atoms with Crippen LogP contribution in [-0.2, 0) is 4.79 Å². The van der Waals surface area contributed by atoms with Gasteiger partial charge in [0.1, 0.15) is 0 Å². The van der Waals surface area contributed by atoms with E-state index in [1.807, 2.05) is 6.92 Å². The lowest BCUT2D eigenvalue weighted by Crippen LogP contribution is -2.43. The van der Waals surface area contributed by atoms with E-state index < -0.39 is 0 Å². The van der Waals surface area contributed by atoms with E-state index in [0.717, 1.165) is 19.4 Å². The summed E-state index contributed by atoms with van der Waals surface area (Å²) >= 11 is 0. The van der Waals surface area contributed by atoms with E-state index in [-0.39, 0.29) is 6.04 Å². The number of rotatable bonds is 6. The first-order valence-corrected chi connectivity index (χ1v) is 7.20. The molecule has 0 saturated carbocycles. The molecule has 0 bridgehead atoms. The highest BCUT2D eigenvalue weighted by molar-refractivity contribution is 5.76. The van der Waals surface area contributed by atoms with Crippen molar-refractivity contribution in [2.24, 2.45) is 5.73 Å². The minimum absolute atomic E-state index is 0.218. The number of nitrogens with two attached hydrogens (primary N) is 1. The Balaban J connectivity index is 2.36. The molecule has 2 atom stereocenters. The Morgan fingerprint density at radius 2 is 2.24 bits per heavy atom. The van der Waals surface area contributed by atoms with Gasteiger partial charge in [-0.3, -0.25) is 4.79 Å². The third-order valence-corrected chi connectivity index (χ3v) is 3.62. The molecule has 0 aromatic rings. The largest absolute Gasteiger partial charge is 0.340 e. The summed E-state index contributed by atoms with van der Waals surface area (Å²) < 4.78 is 0. The van der Waals surface area contributed by atoms with E-state index in [4.69, 9.17) is 5.73 Å². The number of nitrogens with zero attached hydrogens (tertiary/aromatic N) is 1. The minimum atomic E-state index is 0.218. The summed E-state index contributed by atoms with van der Waals surface area (Å²) in [6.45, 7) is 5.18. The first-order valence-electron chi connectivity index (χ1n) is 7.20. The Hall–Kier alpha value is -0.570. The van der Waals surface area contributed by atoms with Crippen molar-refractivity contribution >= 4 is 5.91 Å². The van der Waals surface area contributed by atoms with Gasteiger partial charge in [-0.1, -0.05) is 13.3 Å². The molecule has 2 N–H and O–H groups in total. The normalized spacial score (nSPS) is 22.5. The molecule has 0 radical (unpaired) electrons. The molecule has 1 heterocycles. The van der Waals surface area contributed by atoms with E-state index in [0.29, 0.717) is 18.4 Å². The Labute approximate surface area is 106 Å². The molecule has 100 valence electrons. The number of hydrogen-bond acceptors (Lipinski definition) is 2. The molecular weight excluding hydrogens is 212 g/mol. The average Bonchev–Trinajstić information content (AvgIpc) is 2.29. The van der Waals surface area contributed by atoms with Crippen LogP contribution in [0.3, 0.4) is 0 Å². The highest BCUT2D eigenvalue weighted by atomic mass is 16.2. The fourth-order valence-corrected chi connectivity index (χ4v) is 2.68. The van der Waals surface area contributed by atoms with Crippen LogP contribution in [-0.4, -0.2) is 29.4 Å². The van der Waals surface area contributed by atoms with Crippen LogP contribution in [0.1, 0.15) is 65.2 Å². The summed E-state index contributed by atoms with van der Waals surface area (Å²) in [6, 6.07) is 0.729. The van der Waals surface area contributed by atoms with Crippen molar-refractivity contribution in [2.45, 2.75) is 77.3 Å². The van der Waals surface area contributed by atoms with Gasteiger partial charge in [-0.05, 0) is 45.4 Å². The minimum Gasteiger partial charge on any atom is -0.340 e. The summed E-state index contributed by atoms with van der Waals surface area (Å²) in [5, 5.41) is 0. The highest BCUT2D eigenvalue weighted by Crippen LogP contribution is 2.22. The number of carbonyl (C=O) groups excluding carboxylic acids is 1. The van der Waals surface area contributed by atoms with Crippen molar-refractivity contribution < 1.29 is 4.79 Å². The van der Waals surface area contributed by atoms with Gasteiger partial charge in [0.25, 0.3) is 0 Å². The number of amides is 1. The van der Waals surface area contributed by atoms with Gasteiger partial charge < -0.3 is 10.6 Å². The standard InChI is InChI=1S/C14H28N2O/c1-3-7-13-9-4-5-11-16(13)14(17)10-6-8-12(2)15/h12-13H,3-11,15H2,1-2H3. The molecule has 2 unspecified atom stereocenters. The smallest absolute Gasteiger partial charge is 0.222 e. The van der Waals surface area contributed by atoms with Crippen molar-refractivity contribution in [2.75, 3.05) is 6.54 Å². The second-order valence-electron chi connectivity index (χ2n) is 5.39. The maximum atomic E-state index is 12.1. The van der Waals surface area contributed by atoms with E-state index in [2.05, 4.69) is 11.8 Å². The van der Waals surface area contributed by atoms with E-state index >= 15 is 0 Å². The van der Waals surface area contributed by atoms with Crippen LogP contribution in [0.25, 0.3) is 0 Å². The first-order chi connectivity index (χ1) is 8.15. The molecule has 3 nitrogen and oxygen atoms in total. The van der Waals surface area contributed by atoms with Gasteiger partial charge in [0.2, 0.25) is 5.91 Å². The molecule has 1 amide bonds. The third kappa shape index (κ3) is 5.07. The maximum Gasteiger partial charge on any atom is 0.222 e. The Kier molecular flexibility index (Phi) is 6.56. The highest BCUT2D eigenvalue weighted by Gasteiger charge is 2.25. The first kappa shape index (κ1) is 14.5. The van der Waals surface area contributed by atoms with Crippen LogP contribution in [0.4, 0.5) is 0 Å². The number of likely N-dealkylation sites (tertiary alicyclic amines) is 1. The monoisotopic (exact) mass is 240 g/mol. The lowest BCUT2D eigenvalue weighted by Gasteiger charge is -2.36. The van der Waals surface area contributed by atoms with Crippen LogP contribution >= 0.6 is 0 Å². The molecule has 0 aromatic heterocycles. The molecule has 3 heteroatoms. The molecule has 1 saturated heterocycles. The van der Waals surface area contributed by atoms with E-state index in [9.17, 15) is 4.79 Å². The van der Waals surface area contributed by atoms with Crippen LogP contribution in [0.2, 0.25) is 0 Å². The molecular formula is C14H28N2O. The van der Waals surface area contributed by atoms with Crippen molar-refractivity contribution in [1.29, 1.82) is 0 Å². The van der Waals surface area contributed by atoms with E-state index in [1.54, 1.807) is 0 Å². The Bertz CT molecular complexity index is 226. The van der Waals surface area contributed by atoms with Crippen molar-refractivity contribution in [3.63, 3.8) is 0 Å². The van der Waals surface area contributed by atoms with Crippen LogP contribution < -0.4 is 5.73 Å². The fraction of sp³-hybridized carbons (Fsp3) is 0.929. The summed E-state index contributed by atoms with van der Waals surface area (Å²) in [5.41, 5.74) is 5.71. The zero-order valence-corrected chi connectivity index (χ0v) is 11.5. The summed E-state index contributed by atoms with van der Waals surface area (Å²) in [6.07, 6.45) is 8.58. The predicted molar refractivity (Wildman–Crippen MR) is 71.8 cm³/mol. The van der Waals surface area contributed by atoms with Gasteiger partial charge in [-0.2, -0.15) is 0 Å². The third-order valence-electron chi connectivity index (χ3n) is 3.62. The summed E-state index contributed by atoms with van der Waals surface area (Å²) in [5.74, 6) is 0.351. The lowest BCUT2D eigenvalue weighted by atomic mass is 9.97. The molecule has 17 heavy (non-hydrogen) atoms. The molecule has 1 fully saturated rings. The number of piperidine rings is 1. The molecule has 1 rings (SSSR count). The second kappa shape index (κ2) is 7.70. The van der Waals surface area contributed by atoms with Gasteiger partial charge in [0.05, 0.1) is 0 Å². The van der Waals surface area contributed by atoms with Gasteiger partial charge in [0.15, 0.2) is 0 Å². The van der Waals surface area contributed by atoms with Gasteiger partial charge >= 0.3 is 0 Å². The topological polar surface area (TPSA) is 46.3 Å².